The van der Waals surface area contributed by atoms with Crippen LogP contribution in [0.5, 0.6) is 0 Å². The molecule has 0 saturated heterocycles. The molecule has 0 spiro atoms. The number of fused-ring (bicyclic) bond motifs is 3. The van der Waals surface area contributed by atoms with Gasteiger partial charge in [-0.25, -0.2) is 15.0 Å². The van der Waals surface area contributed by atoms with Crippen LogP contribution in [-0.2, 0) is 12.4 Å². The normalized spacial score (nSPS) is 12.0. The second kappa shape index (κ2) is 16.1. The van der Waals surface area contributed by atoms with Crippen LogP contribution < -0.4 is 0 Å². The Morgan fingerprint density at radius 2 is 0.800 bits per heavy atom. The van der Waals surface area contributed by atoms with Gasteiger partial charge in [0, 0.05) is 38.6 Å². The maximum Gasteiger partial charge on any atom is 0.417 e. The van der Waals surface area contributed by atoms with Crippen LogP contribution in [0.4, 0.5) is 26.3 Å². The molecule has 8 aromatic carbocycles. The third-order valence-electron chi connectivity index (χ3n) is 11.6. The van der Waals surface area contributed by atoms with Gasteiger partial charge in [-0.3, -0.25) is 0 Å². The summed E-state index contributed by atoms with van der Waals surface area (Å²) in [5.74, 6) is 0.603. The third-order valence-corrected chi connectivity index (χ3v) is 11.6. The van der Waals surface area contributed by atoms with Crippen LogP contribution in [0.3, 0.4) is 0 Å². The molecule has 0 aliphatic carbocycles. The molecule has 4 nitrogen and oxygen atoms in total. The number of alkyl halides is 6. The molecule has 0 aliphatic rings. The first-order valence-corrected chi connectivity index (χ1v) is 20.8. The second-order valence-electron chi connectivity index (χ2n) is 16.0. The average Bonchev–Trinajstić information content (AvgIpc) is 3.64. The summed E-state index contributed by atoms with van der Waals surface area (Å²) >= 11 is 0. The summed E-state index contributed by atoms with van der Waals surface area (Å²) in [7, 11) is 0. The first-order valence-electron chi connectivity index (χ1n) is 20.8. The summed E-state index contributed by atoms with van der Waals surface area (Å²) in [4.78, 5) is 14.6. The summed E-state index contributed by atoms with van der Waals surface area (Å²) in [5.41, 5.74) is 4.44. The maximum absolute atomic E-state index is 15.3. The topological polar surface area (TPSA) is 43.6 Å². The minimum atomic E-state index is -4.84. The molecule has 2 heterocycles. The average molecular weight is 867 g/mol. The predicted molar refractivity (Wildman–Crippen MR) is 246 cm³/mol. The number of hydrogen-bond donors (Lipinski definition) is 0. The van der Waals surface area contributed by atoms with E-state index in [-0.39, 0.29) is 51.0 Å². The fraction of sp³-hybridized carbons (Fsp3) is 0.0727. The number of rotatable bonds is 7. The van der Waals surface area contributed by atoms with Crippen LogP contribution in [-0.4, -0.2) is 19.5 Å². The number of aromatic nitrogens is 4. The van der Waals surface area contributed by atoms with Gasteiger partial charge in [-0.15, -0.1) is 0 Å². The Bertz CT molecular complexity index is 3270. The first-order chi connectivity index (χ1) is 31.3. The van der Waals surface area contributed by atoms with Crippen molar-refractivity contribution in [2.45, 2.75) is 26.2 Å². The van der Waals surface area contributed by atoms with Gasteiger partial charge in [0.1, 0.15) is 0 Å². The highest BCUT2D eigenvalue weighted by molar-refractivity contribution is 6.12. The first kappa shape index (κ1) is 41.2. The largest absolute Gasteiger partial charge is 0.417 e. The smallest absolute Gasteiger partial charge is 0.308 e. The van der Waals surface area contributed by atoms with Crippen molar-refractivity contribution in [1.82, 2.24) is 19.5 Å². The molecule has 65 heavy (non-hydrogen) atoms. The highest BCUT2D eigenvalue weighted by Crippen LogP contribution is 2.49. The number of halogens is 6. The molecule has 10 heteroatoms. The number of benzene rings is 8. The van der Waals surface area contributed by atoms with Gasteiger partial charge in [0.25, 0.3) is 0 Å². The lowest BCUT2D eigenvalue weighted by molar-refractivity contribution is -0.137. The number of nitrogens with zero attached hydrogens (tertiary/aromatic N) is 4. The molecular formula is C55H36F6N4. The molecule has 0 bridgehead atoms. The molecule has 0 aliphatic heterocycles. The van der Waals surface area contributed by atoms with E-state index in [0.29, 0.717) is 22.2 Å². The Labute approximate surface area is 370 Å². The van der Waals surface area contributed by atoms with E-state index < -0.39 is 23.5 Å². The van der Waals surface area contributed by atoms with Gasteiger partial charge in [-0.2, -0.15) is 26.3 Å². The summed E-state index contributed by atoms with van der Waals surface area (Å²) in [5, 5.41) is 1.53. The van der Waals surface area contributed by atoms with Crippen molar-refractivity contribution < 1.29 is 26.3 Å². The number of aryl methyl sites for hydroxylation is 2. The van der Waals surface area contributed by atoms with Gasteiger partial charge < -0.3 is 4.57 Å². The van der Waals surface area contributed by atoms with Crippen molar-refractivity contribution in [2.75, 3.05) is 0 Å². The van der Waals surface area contributed by atoms with Crippen molar-refractivity contribution in [3.05, 3.63) is 204 Å². The van der Waals surface area contributed by atoms with E-state index in [2.05, 4.69) is 18.2 Å². The van der Waals surface area contributed by atoms with E-state index in [4.69, 9.17) is 15.0 Å². The van der Waals surface area contributed by atoms with Crippen LogP contribution in [0, 0.1) is 13.8 Å². The fourth-order valence-corrected chi connectivity index (χ4v) is 8.82. The van der Waals surface area contributed by atoms with Gasteiger partial charge in [-0.1, -0.05) is 151 Å². The zero-order chi connectivity index (χ0) is 45.0. The summed E-state index contributed by atoms with van der Waals surface area (Å²) in [6.07, 6.45) is -9.69. The Kier molecular flexibility index (Phi) is 10.2. The lowest BCUT2D eigenvalue weighted by atomic mass is 9.88. The fourth-order valence-electron chi connectivity index (χ4n) is 8.82. The summed E-state index contributed by atoms with van der Waals surface area (Å²) in [6, 6.07) is 51.2. The molecule has 0 saturated carbocycles. The van der Waals surface area contributed by atoms with Crippen LogP contribution in [0.15, 0.2) is 182 Å². The van der Waals surface area contributed by atoms with Gasteiger partial charge in [0.05, 0.1) is 27.8 Å². The molecule has 0 atom stereocenters. The molecule has 318 valence electrons. The van der Waals surface area contributed by atoms with E-state index in [0.717, 1.165) is 45.2 Å². The van der Waals surface area contributed by atoms with E-state index in [9.17, 15) is 0 Å². The quantitative estimate of drug-likeness (QED) is 0.150. The van der Waals surface area contributed by atoms with E-state index >= 15 is 26.3 Å². The lowest BCUT2D eigenvalue weighted by Crippen LogP contribution is -2.11. The summed E-state index contributed by atoms with van der Waals surface area (Å²) in [6.45, 7) is 4.04. The number of para-hydroxylation sites is 1. The second-order valence-corrected chi connectivity index (χ2v) is 16.0. The van der Waals surface area contributed by atoms with Crippen molar-refractivity contribution in [3.8, 4) is 73.2 Å². The molecule has 0 amide bonds. The van der Waals surface area contributed by atoms with Crippen LogP contribution in [0.25, 0.3) is 95.0 Å². The van der Waals surface area contributed by atoms with Gasteiger partial charge in [-0.05, 0) is 78.6 Å². The maximum atomic E-state index is 15.3. The summed E-state index contributed by atoms with van der Waals surface area (Å²) < 4.78 is 93.8. The van der Waals surface area contributed by atoms with Crippen LogP contribution >= 0.6 is 0 Å². The minimum Gasteiger partial charge on any atom is -0.308 e. The molecule has 0 radical (unpaired) electrons. The zero-order valence-corrected chi connectivity index (χ0v) is 34.9. The number of hydrogen-bond acceptors (Lipinski definition) is 3. The van der Waals surface area contributed by atoms with Gasteiger partial charge in [0.15, 0.2) is 17.5 Å². The van der Waals surface area contributed by atoms with Crippen molar-refractivity contribution in [1.29, 1.82) is 0 Å². The Hall–Kier alpha value is -7.85. The van der Waals surface area contributed by atoms with Crippen LogP contribution in [0.2, 0.25) is 0 Å². The minimum absolute atomic E-state index is 0.0198. The molecule has 0 fully saturated rings. The van der Waals surface area contributed by atoms with E-state index in [1.807, 2.05) is 117 Å². The Morgan fingerprint density at radius 1 is 0.354 bits per heavy atom. The van der Waals surface area contributed by atoms with Gasteiger partial charge >= 0.3 is 12.4 Å². The van der Waals surface area contributed by atoms with Crippen molar-refractivity contribution in [2.24, 2.45) is 0 Å². The zero-order valence-electron chi connectivity index (χ0n) is 34.9. The third kappa shape index (κ3) is 7.71. The van der Waals surface area contributed by atoms with Gasteiger partial charge in [0.2, 0.25) is 0 Å². The Morgan fingerprint density at radius 3 is 1.32 bits per heavy atom. The predicted octanol–water partition coefficient (Wildman–Crippen LogP) is 15.6. The molecular weight excluding hydrogens is 831 g/mol. The van der Waals surface area contributed by atoms with Crippen molar-refractivity contribution in [3.63, 3.8) is 0 Å². The standard InChI is InChI=1S/C55H36F6N4/c1-33-27-34(2)29-38(28-33)37-25-26-49-43(30-37)42-21-11-14-24-48(42)65(49)50-44(40-19-9-12-22-46(40)54(56,57)58)31-39(32-45(50)41-20-10-13-23-47(41)55(59,60)61)53-63-51(35-15-5-3-6-16-35)62-52(64-53)36-17-7-4-8-18-36/h3-32H,1-2H3. The lowest BCUT2D eigenvalue weighted by Gasteiger charge is -2.24. The molecule has 2 aromatic heterocycles. The molecule has 0 N–H and O–H groups in total. The van der Waals surface area contributed by atoms with Crippen molar-refractivity contribution >= 4 is 21.8 Å². The highest BCUT2D eigenvalue weighted by Gasteiger charge is 2.37. The molecule has 10 rings (SSSR count). The van der Waals surface area contributed by atoms with Crippen LogP contribution in [0.1, 0.15) is 22.3 Å². The molecule has 10 aromatic rings. The SMILES string of the molecule is Cc1cc(C)cc(-c2ccc3c(c2)c2ccccc2n3-c2c(-c3ccccc3C(F)(F)F)cc(-c3nc(-c4ccccc4)nc(-c4ccccc4)n3)cc2-c2ccccc2C(F)(F)F)c1. The van der Waals surface area contributed by atoms with E-state index in [1.54, 1.807) is 16.7 Å². The Balaban J connectivity index is 1.37. The monoisotopic (exact) mass is 866 g/mol. The highest BCUT2D eigenvalue weighted by atomic mass is 19.4. The van der Waals surface area contributed by atoms with E-state index in [1.165, 1.54) is 36.4 Å². The molecule has 0 unspecified atom stereocenters.